The second-order valence-electron chi connectivity index (χ2n) is 12.4. The van der Waals surface area contributed by atoms with Gasteiger partial charge in [-0.25, -0.2) is 4.39 Å². The number of benzene rings is 3. The lowest BCUT2D eigenvalue weighted by molar-refractivity contribution is -0.136. The molecule has 0 amide bonds. The maximum atomic E-state index is 13.2. The van der Waals surface area contributed by atoms with E-state index in [1.165, 1.54) is 17.7 Å². The molecule has 230 valence electrons. The minimum absolute atomic E-state index is 0.0800. The smallest absolute Gasteiger partial charge is 0.307 e. The molecule has 4 aromatic rings. The van der Waals surface area contributed by atoms with Crippen LogP contribution in [0.3, 0.4) is 0 Å². The molecule has 0 unspecified atom stereocenters. The molecule has 1 aromatic heterocycles. The van der Waals surface area contributed by atoms with E-state index in [1.807, 2.05) is 49.4 Å². The van der Waals surface area contributed by atoms with E-state index in [0.29, 0.717) is 26.1 Å². The largest absolute Gasteiger partial charge is 0.493 e. The highest BCUT2D eigenvalue weighted by Crippen LogP contribution is 2.42. The molecule has 3 aromatic carbocycles. The van der Waals surface area contributed by atoms with E-state index in [9.17, 15) is 14.3 Å². The molecule has 7 heteroatoms. The number of ether oxygens (including phenoxy) is 1. The first-order valence-electron chi connectivity index (χ1n) is 15.4. The van der Waals surface area contributed by atoms with E-state index in [-0.39, 0.29) is 17.7 Å². The van der Waals surface area contributed by atoms with Gasteiger partial charge in [-0.3, -0.25) is 9.78 Å². The number of rotatable bonds is 12. The van der Waals surface area contributed by atoms with Crippen LogP contribution in [0.1, 0.15) is 54.8 Å². The second kappa shape index (κ2) is 14.0. The van der Waals surface area contributed by atoms with Gasteiger partial charge in [0, 0.05) is 49.4 Å². The lowest BCUT2D eigenvalue weighted by Crippen LogP contribution is -2.38. The summed E-state index contributed by atoms with van der Waals surface area (Å²) < 4.78 is 19.3. The van der Waals surface area contributed by atoms with Crippen molar-refractivity contribution in [1.82, 2.24) is 10.3 Å². The first-order chi connectivity index (χ1) is 21.2. The fourth-order valence-electron chi connectivity index (χ4n) is 5.84. The SMILES string of the molecule is Cc1nc(CNCc2ccccc2)c(-c2ccc(OCCc3ccc(F)cc3)cc2)c(N2CCC(C)(C)CC2)c1CC(=O)O. The summed E-state index contributed by atoms with van der Waals surface area (Å²) in [4.78, 5) is 19.5. The number of carboxylic acids is 1. The molecule has 6 nitrogen and oxygen atoms in total. The van der Waals surface area contributed by atoms with Crippen LogP contribution >= 0.6 is 0 Å². The van der Waals surface area contributed by atoms with Crippen LogP contribution in [0.25, 0.3) is 11.1 Å². The molecular formula is C37H42FN3O3. The number of aromatic nitrogens is 1. The minimum Gasteiger partial charge on any atom is -0.493 e. The molecule has 0 spiro atoms. The van der Waals surface area contributed by atoms with Crippen molar-refractivity contribution >= 4 is 11.7 Å². The average Bonchev–Trinajstić information content (AvgIpc) is 3.00. The fraction of sp³-hybridized carbons (Fsp3) is 0.351. The monoisotopic (exact) mass is 595 g/mol. The minimum atomic E-state index is -0.862. The van der Waals surface area contributed by atoms with Crippen LogP contribution in [0.4, 0.5) is 10.1 Å². The molecule has 1 saturated heterocycles. The van der Waals surface area contributed by atoms with Crippen molar-refractivity contribution < 1.29 is 19.0 Å². The number of pyridine rings is 1. The number of halogens is 1. The molecule has 1 aliphatic rings. The Balaban J connectivity index is 1.47. The predicted molar refractivity (Wildman–Crippen MR) is 174 cm³/mol. The van der Waals surface area contributed by atoms with Crippen LogP contribution in [0.15, 0.2) is 78.9 Å². The number of nitrogens with one attached hydrogen (secondary N) is 1. The molecule has 2 N–H and O–H groups in total. The van der Waals surface area contributed by atoms with Gasteiger partial charge in [-0.15, -0.1) is 0 Å². The lowest BCUT2D eigenvalue weighted by atomic mass is 9.82. The highest BCUT2D eigenvalue weighted by molar-refractivity contribution is 5.86. The molecule has 0 atom stereocenters. The van der Waals surface area contributed by atoms with Gasteiger partial charge >= 0.3 is 5.97 Å². The van der Waals surface area contributed by atoms with Crippen molar-refractivity contribution in [3.63, 3.8) is 0 Å². The summed E-state index contributed by atoms with van der Waals surface area (Å²) in [5, 5.41) is 13.5. The van der Waals surface area contributed by atoms with E-state index in [1.54, 1.807) is 12.1 Å². The zero-order valence-corrected chi connectivity index (χ0v) is 25.9. The van der Waals surface area contributed by atoms with E-state index < -0.39 is 5.97 Å². The van der Waals surface area contributed by atoms with Crippen LogP contribution in [-0.2, 0) is 30.7 Å². The summed E-state index contributed by atoms with van der Waals surface area (Å²) in [6.07, 6.45) is 2.66. The molecule has 0 radical (unpaired) electrons. The van der Waals surface area contributed by atoms with Gasteiger partial charge in [0.2, 0.25) is 0 Å². The van der Waals surface area contributed by atoms with Gasteiger partial charge in [0.15, 0.2) is 0 Å². The van der Waals surface area contributed by atoms with Crippen LogP contribution in [0.2, 0.25) is 0 Å². The molecular weight excluding hydrogens is 553 g/mol. The van der Waals surface area contributed by atoms with E-state index in [2.05, 4.69) is 36.2 Å². The average molecular weight is 596 g/mol. The van der Waals surface area contributed by atoms with Gasteiger partial charge in [-0.2, -0.15) is 0 Å². The van der Waals surface area contributed by atoms with Gasteiger partial charge in [0.25, 0.3) is 0 Å². The summed E-state index contributed by atoms with van der Waals surface area (Å²) in [6.45, 7) is 9.97. The van der Waals surface area contributed by atoms with Crippen LogP contribution in [-0.4, -0.2) is 35.8 Å². The molecule has 0 bridgehead atoms. The van der Waals surface area contributed by atoms with Crippen molar-refractivity contribution in [2.45, 2.75) is 59.5 Å². The van der Waals surface area contributed by atoms with Crippen molar-refractivity contribution in [1.29, 1.82) is 0 Å². The maximum Gasteiger partial charge on any atom is 0.307 e. The van der Waals surface area contributed by atoms with E-state index >= 15 is 0 Å². The third kappa shape index (κ3) is 8.03. The van der Waals surface area contributed by atoms with Gasteiger partial charge in [0.05, 0.1) is 24.4 Å². The van der Waals surface area contributed by atoms with Crippen LogP contribution in [0.5, 0.6) is 5.75 Å². The van der Waals surface area contributed by atoms with E-state index in [4.69, 9.17) is 9.72 Å². The summed E-state index contributed by atoms with van der Waals surface area (Å²) >= 11 is 0. The number of nitrogens with zero attached hydrogens (tertiary/aromatic N) is 2. The van der Waals surface area contributed by atoms with Gasteiger partial charge in [-0.05, 0) is 66.1 Å². The Kier molecular flexibility index (Phi) is 9.95. The summed E-state index contributed by atoms with van der Waals surface area (Å²) in [7, 11) is 0. The van der Waals surface area contributed by atoms with Crippen molar-refractivity contribution in [3.05, 3.63) is 113 Å². The molecule has 2 heterocycles. The third-order valence-electron chi connectivity index (χ3n) is 8.49. The molecule has 0 saturated carbocycles. The molecule has 1 aliphatic heterocycles. The number of carbonyl (C=O) groups is 1. The Hall–Kier alpha value is -4.23. The van der Waals surface area contributed by atoms with Crippen molar-refractivity contribution in [3.8, 4) is 16.9 Å². The van der Waals surface area contributed by atoms with Crippen molar-refractivity contribution in [2.75, 3.05) is 24.6 Å². The number of hydrogen-bond donors (Lipinski definition) is 2. The fourth-order valence-corrected chi connectivity index (χ4v) is 5.84. The number of aryl methyl sites for hydroxylation is 1. The first kappa shape index (κ1) is 31.2. The summed E-state index contributed by atoms with van der Waals surface area (Å²) in [5.41, 5.74) is 7.83. The molecule has 1 fully saturated rings. The number of hydrogen-bond acceptors (Lipinski definition) is 5. The number of aliphatic carboxylic acids is 1. The topological polar surface area (TPSA) is 74.7 Å². The first-order valence-corrected chi connectivity index (χ1v) is 15.4. The Morgan fingerprint density at radius 2 is 1.64 bits per heavy atom. The number of carboxylic acid groups (broad SMARTS) is 1. The normalized spacial score (nSPS) is 14.4. The number of piperidine rings is 1. The van der Waals surface area contributed by atoms with Gasteiger partial charge in [0.1, 0.15) is 11.6 Å². The Labute approximate surface area is 259 Å². The Bertz CT molecular complexity index is 1540. The summed E-state index contributed by atoms with van der Waals surface area (Å²) in [6, 6.07) is 24.8. The third-order valence-corrected chi connectivity index (χ3v) is 8.49. The Morgan fingerprint density at radius 3 is 2.30 bits per heavy atom. The Morgan fingerprint density at radius 1 is 0.955 bits per heavy atom. The zero-order valence-electron chi connectivity index (χ0n) is 25.9. The van der Waals surface area contributed by atoms with E-state index in [0.717, 1.165) is 71.0 Å². The van der Waals surface area contributed by atoms with Gasteiger partial charge in [-0.1, -0.05) is 68.4 Å². The molecule has 0 aliphatic carbocycles. The maximum absolute atomic E-state index is 13.2. The zero-order chi connectivity index (χ0) is 31.1. The van der Waals surface area contributed by atoms with Crippen LogP contribution in [0, 0.1) is 18.2 Å². The number of anilines is 1. The summed E-state index contributed by atoms with van der Waals surface area (Å²) in [5.74, 6) is -0.365. The second-order valence-corrected chi connectivity index (χ2v) is 12.4. The van der Waals surface area contributed by atoms with Crippen molar-refractivity contribution in [2.24, 2.45) is 5.41 Å². The quantitative estimate of drug-likeness (QED) is 0.178. The highest BCUT2D eigenvalue weighted by Gasteiger charge is 2.30. The standard InChI is InChI=1S/C37H42FN3O3/c1-26-32(23-34(42)43)36(41-20-18-37(2,3)19-21-41)35(33(40-26)25-39-24-28-7-5-4-6-8-28)29-11-15-31(16-12-29)44-22-17-27-9-13-30(38)14-10-27/h4-16,39H,17-25H2,1-3H3,(H,42,43). The lowest BCUT2D eigenvalue weighted by Gasteiger charge is -2.40. The highest BCUT2D eigenvalue weighted by atomic mass is 19.1. The molecule has 5 rings (SSSR count). The van der Waals surface area contributed by atoms with Crippen LogP contribution < -0.4 is 15.0 Å². The van der Waals surface area contributed by atoms with Gasteiger partial charge < -0.3 is 20.1 Å². The molecule has 44 heavy (non-hydrogen) atoms. The predicted octanol–water partition coefficient (Wildman–Crippen LogP) is 7.36.